The molecular weight excluding hydrogens is 483 g/mol. The van der Waals surface area contributed by atoms with E-state index in [2.05, 4.69) is 9.74 Å². The Hall–Kier alpha value is 0.619. The summed E-state index contributed by atoms with van der Waals surface area (Å²) in [6, 6.07) is 0. The van der Waals surface area contributed by atoms with E-state index in [4.69, 9.17) is 44.5 Å². The van der Waals surface area contributed by atoms with Crippen LogP contribution in [0.4, 0.5) is 0 Å². The van der Waals surface area contributed by atoms with Crippen LogP contribution in [0.3, 0.4) is 0 Å². The molecule has 0 bridgehead atoms. The van der Waals surface area contributed by atoms with Crippen molar-refractivity contribution in [1.29, 1.82) is 0 Å². The van der Waals surface area contributed by atoms with Crippen molar-refractivity contribution < 1.29 is 30.0 Å². The molecular formula is C19H35N2O2S3Tc-3. The SMILES string of the molecule is C#[N+]CCCCCCCCCCCC(=O)[O-].[99Tc].[S-]CCN(CC[S-])CC[S-]. The molecule has 0 N–H and O–H groups in total. The normalized spacial score (nSPS) is 9.89. The molecule has 0 aliphatic heterocycles. The Morgan fingerprint density at radius 1 is 0.778 bits per heavy atom. The monoisotopic (exact) mass is 518 g/mol. The summed E-state index contributed by atoms with van der Waals surface area (Å²) < 4.78 is 0. The van der Waals surface area contributed by atoms with Crippen molar-refractivity contribution >= 4 is 43.9 Å². The van der Waals surface area contributed by atoms with Gasteiger partial charge in [-0.15, -0.1) is 0 Å². The number of carbonyl (C=O) groups excluding carboxylic acids is 1. The topological polar surface area (TPSA) is 47.7 Å². The van der Waals surface area contributed by atoms with Crippen LogP contribution in [-0.2, 0) is 62.8 Å². The van der Waals surface area contributed by atoms with Crippen LogP contribution >= 0.6 is 0 Å². The minimum absolute atomic E-state index is 0. The van der Waals surface area contributed by atoms with Gasteiger partial charge in [0, 0.05) is 32.5 Å². The van der Waals surface area contributed by atoms with Crippen LogP contribution < -0.4 is 5.11 Å². The minimum atomic E-state index is -0.926. The van der Waals surface area contributed by atoms with E-state index in [1.807, 2.05) is 0 Å². The van der Waals surface area contributed by atoms with Gasteiger partial charge in [0.15, 0.2) is 0 Å². The number of nitrogens with zero attached hydrogens (tertiary/aromatic N) is 2. The summed E-state index contributed by atoms with van der Waals surface area (Å²) >= 11 is 14.5. The van der Waals surface area contributed by atoms with Gasteiger partial charge in [0.1, 0.15) is 0 Å². The Morgan fingerprint density at radius 2 is 1.15 bits per heavy atom. The van der Waals surface area contributed by atoms with E-state index in [9.17, 15) is 9.90 Å². The molecule has 27 heavy (non-hydrogen) atoms. The summed E-state index contributed by atoms with van der Waals surface area (Å²) in [4.78, 5) is 15.9. The predicted molar refractivity (Wildman–Crippen MR) is 117 cm³/mol. The van der Waals surface area contributed by atoms with E-state index in [1.165, 1.54) is 32.1 Å². The molecule has 0 aromatic heterocycles. The van der Waals surface area contributed by atoms with Gasteiger partial charge in [0.2, 0.25) is 0 Å². The Labute approximate surface area is 197 Å². The van der Waals surface area contributed by atoms with Crippen LogP contribution in [0, 0.1) is 6.57 Å². The van der Waals surface area contributed by atoms with Crippen molar-refractivity contribution in [1.82, 2.24) is 4.90 Å². The van der Waals surface area contributed by atoms with Gasteiger partial charge in [-0.05, 0) is 38.9 Å². The van der Waals surface area contributed by atoms with E-state index in [1.54, 1.807) is 0 Å². The van der Waals surface area contributed by atoms with Crippen molar-refractivity contribution in [3.8, 4) is 6.57 Å². The van der Waals surface area contributed by atoms with Crippen LogP contribution in [0.25, 0.3) is 4.85 Å². The van der Waals surface area contributed by atoms with Gasteiger partial charge >= 0.3 is 0 Å². The van der Waals surface area contributed by atoms with Gasteiger partial charge in [-0.25, -0.2) is 0 Å². The largest absolute Gasteiger partial charge is 0.791 e. The molecule has 0 fully saturated rings. The number of hydrogen-bond acceptors (Lipinski definition) is 6. The molecule has 0 aromatic carbocycles. The predicted octanol–water partition coefficient (Wildman–Crippen LogP) is 2.53. The zero-order chi connectivity index (χ0) is 19.9. The van der Waals surface area contributed by atoms with Crippen LogP contribution in [0.2, 0.25) is 0 Å². The van der Waals surface area contributed by atoms with Crippen LogP contribution in [0.1, 0.15) is 64.2 Å². The summed E-state index contributed by atoms with van der Waals surface area (Å²) in [7, 11) is 0. The number of aliphatic carboxylic acids is 1. The quantitative estimate of drug-likeness (QED) is 0.218. The second-order valence-electron chi connectivity index (χ2n) is 6.16. The summed E-state index contributed by atoms with van der Waals surface area (Å²) in [5.41, 5.74) is 0. The molecule has 0 atom stereocenters. The van der Waals surface area contributed by atoms with E-state index in [-0.39, 0.29) is 26.5 Å². The number of carbonyl (C=O) groups is 1. The Kier molecular flexibility index (Phi) is 34.5. The molecule has 0 saturated heterocycles. The fourth-order valence-corrected chi connectivity index (χ4v) is 3.21. The maximum absolute atomic E-state index is 10.1. The van der Waals surface area contributed by atoms with E-state index >= 15 is 0 Å². The molecule has 8 heteroatoms. The van der Waals surface area contributed by atoms with Crippen molar-refractivity contribution in [3.05, 3.63) is 4.85 Å². The third-order valence-electron chi connectivity index (χ3n) is 3.89. The second kappa shape index (κ2) is 28.8. The molecule has 0 rings (SSSR count). The fraction of sp³-hybridized carbons (Fsp3) is 0.895. The summed E-state index contributed by atoms with van der Waals surface area (Å²) in [5.74, 6) is 1.42. The number of hydrogen-bond donors (Lipinski definition) is 0. The molecule has 0 aliphatic carbocycles. The van der Waals surface area contributed by atoms with Gasteiger partial charge in [0.25, 0.3) is 13.1 Å². The van der Waals surface area contributed by atoms with Crippen molar-refractivity contribution in [2.45, 2.75) is 64.2 Å². The first-order valence-electron chi connectivity index (χ1n) is 9.65. The van der Waals surface area contributed by atoms with Crippen LogP contribution in [0.15, 0.2) is 0 Å². The first-order valence-corrected chi connectivity index (χ1v) is 11.4. The number of carboxylic acids is 1. The molecule has 0 unspecified atom stereocenters. The van der Waals surface area contributed by atoms with Crippen molar-refractivity contribution in [2.75, 3.05) is 43.4 Å². The first kappa shape index (κ1) is 32.3. The average Bonchev–Trinajstić information content (AvgIpc) is 2.61. The maximum Gasteiger partial charge on any atom is 0.263 e. The summed E-state index contributed by atoms with van der Waals surface area (Å²) in [5, 5.41) is 10.1. The average molecular weight is 519 g/mol. The molecule has 0 amide bonds. The maximum atomic E-state index is 10.1. The molecule has 0 aromatic rings. The summed E-state index contributed by atoms with van der Waals surface area (Å²) in [6.45, 7) is 8.70. The van der Waals surface area contributed by atoms with Crippen LogP contribution in [-0.4, -0.2) is 54.3 Å². The van der Waals surface area contributed by atoms with Gasteiger partial charge in [-0.1, -0.05) is 43.4 Å². The molecule has 0 spiro atoms. The summed E-state index contributed by atoms with van der Waals surface area (Å²) in [6.07, 6.45) is 10.4. The van der Waals surface area contributed by atoms with Gasteiger partial charge in [-0.2, -0.15) is 17.3 Å². The molecule has 4 nitrogen and oxygen atoms in total. The zero-order valence-electron chi connectivity index (χ0n) is 16.4. The molecule has 0 aliphatic rings. The Morgan fingerprint density at radius 3 is 1.48 bits per heavy atom. The number of unbranched alkanes of at least 4 members (excludes halogenated alkanes) is 8. The molecule has 0 heterocycles. The smallest absolute Gasteiger partial charge is 0.263 e. The van der Waals surface area contributed by atoms with Gasteiger partial charge < -0.3 is 52.7 Å². The third-order valence-corrected chi connectivity index (χ3v) is 4.44. The van der Waals surface area contributed by atoms with Gasteiger partial charge in [0.05, 0.1) is 0 Å². The fourth-order valence-electron chi connectivity index (χ4n) is 2.43. The minimum Gasteiger partial charge on any atom is -0.791 e. The van der Waals surface area contributed by atoms with E-state index in [0.717, 1.165) is 69.1 Å². The molecule has 1 radical (unpaired) electrons. The van der Waals surface area contributed by atoms with Gasteiger partial charge in [-0.3, -0.25) is 0 Å². The van der Waals surface area contributed by atoms with E-state index < -0.39 is 5.97 Å². The molecule has 161 valence electrons. The number of carboxylic acid groups (broad SMARTS) is 1. The third kappa shape index (κ3) is 31.5. The zero-order valence-corrected chi connectivity index (χ0v) is 20.7. The van der Waals surface area contributed by atoms with E-state index in [0.29, 0.717) is 0 Å². The Balaban J connectivity index is -0.000000454. The molecule has 0 saturated carbocycles. The Bertz CT molecular complexity index is 331. The number of rotatable bonds is 17. The van der Waals surface area contributed by atoms with Crippen LogP contribution in [0.5, 0.6) is 0 Å². The second-order valence-corrected chi connectivity index (χ2v) is 7.39. The standard InChI is InChI=1S/C13H23NO2.C6H15NS3.Tc/c1-14-12-10-8-6-4-2-3-5-7-9-11-13(15)16;8-4-1-7(2-5-9)3-6-10;/h1H,2-12H2;8-10H,1-6H2;/p-3/i;;1+1. The van der Waals surface area contributed by atoms with Crippen molar-refractivity contribution in [3.63, 3.8) is 0 Å². The first-order chi connectivity index (χ1) is 12.6. The van der Waals surface area contributed by atoms with Crippen molar-refractivity contribution in [2.24, 2.45) is 0 Å².